The van der Waals surface area contributed by atoms with Gasteiger partial charge in [-0.25, -0.2) is 4.79 Å². The van der Waals surface area contributed by atoms with E-state index in [0.717, 1.165) is 25.9 Å². The summed E-state index contributed by atoms with van der Waals surface area (Å²) in [6.07, 6.45) is 2.80. The van der Waals surface area contributed by atoms with Crippen molar-refractivity contribution in [3.63, 3.8) is 0 Å². The Morgan fingerprint density at radius 3 is 2.58 bits per heavy atom. The minimum atomic E-state index is -0.572. The Hall–Kier alpha value is -2.52. The number of carbonyl (C=O) groups is 2. The standard InChI is InChI=1S/C27H43N3O6/c1-18(2)30(16-20-15-29(17-22(20)28)26(32)36-27(3,4)5)25(31)19-9-10-23(33-6)24(14-19)35-13-11-21-8-7-12-34-21/h9-10,14,18,20-22H,7-8,11-13,15-17,28H2,1-6H3. The molecule has 0 radical (unpaired) electrons. The van der Waals surface area contributed by atoms with Crippen LogP contribution in [0.15, 0.2) is 18.2 Å². The monoisotopic (exact) mass is 505 g/mol. The van der Waals surface area contributed by atoms with E-state index in [-0.39, 0.29) is 36.1 Å². The number of methoxy groups -OCH3 is 1. The van der Waals surface area contributed by atoms with E-state index in [1.807, 2.05) is 34.6 Å². The van der Waals surface area contributed by atoms with Crippen molar-refractivity contribution in [2.75, 3.05) is 40.0 Å². The molecule has 2 saturated heterocycles. The minimum absolute atomic E-state index is 0.0498. The summed E-state index contributed by atoms with van der Waals surface area (Å²) in [5.41, 5.74) is 6.34. The second kappa shape index (κ2) is 12.1. The highest BCUT2D eigenvalue weighted by molar-refractivity contribution is 5.95. The lowest BCUT2D eigenvalue weighted by Crippen LogP contribution is -2.44. The maximum atomic E-state index is 13.6. The normalized spacial score (nSPS) is 22.1. The molecule has 2 aliphatic rings. The lowest BCUT2D eigenvalue weighted by atomic mass is 10.0. The summed E-state index contributed by atoms with van der Waals surface area (Å²) < 4.78 is 22.6. The first-order valence-electron chi connectivity index (χ1n) is 13.0. The third kappa shape index (κ3) is 7.49. The molecule has 2 fully saturated rings. The maximum absolute atomic E-state index is 13.6. The molecular formula is C27H43N3O6. The van der Waals surface area contributed by atoms with Crippen LogP contribution >= 0.6 is 0 Å². The van der Waals surface area contributed by atoms with Crippen molar-refractivity contribution in [3.8, 4) is 11.5 Å². The molecule has 1 aromatic carbocycles. The SMILES string of the molecule is COc1ccc(C(=O)N(CC2CN(C(=O)OC(C)(C)C)CC2N)C(C)C)cc1OCCC1CCCO1. The number of hydrogen-bond donors (Lipinski definition) is 1. The second-order valence-electron chi connectivity index (χ2n) is 11.0. The Bertz CT molecular complexity index is 894. The molecule has 3 rings (SSSR count). The Kier molecular flexibility index (Phi) is 9.47. The third-order valence-electron chi connectivity index (χ3n) is 6.59. The van der Waals surface area contributed by atoms with Gasteiger partial charge in [0.1, 0.15) is 5.60 Å². The summed E-state index contributed by atoms with van der Waals surface area (Å²) in [6.45, 7) is 12.1. The number of ether oxygens (including phenoxy) is 4. The van der Waals surface area contributed by atoms with Gasteiger partial charge < -0.3 is 34.5 Å². The summed E-state index contributed by atoms with van der Waals surface area (Å²) in [5, 5.41) is 0. The second-order valence-corrected chi connectivity index (χ2v) is 11.0. The highest BCUT2D eigenvalue weighted by Crippen LogP contribution is 2.30. The van der Waals surface area contributed by atoms with Gasteiger partial charge in [0.2, 0.25) is 0 Å². The van der Waals surface area contributed by atoms with Gasteiger partial charge in [-0.05, 0) is 65.7 Å². The van der Waals surface area contributed by atoms with Crippen LogP contribution in [0, 0.1) is 5.92 Å². The molecule has 3 atom stereocenters. The predicted molar refractivity (Wildman–Crippen MR) is 138 cm³/mol. The number of nitrogens with zero attached hydrogens (tertiary/aromatic N) is 2. The number of carbonyl (C=O) groups excluding carboxylic acids is 2. The minimum Gasteiger partial charge on any atom is -0.493 e. The van der Waals surface area contributed by atoms with E-state index in [1.165, 1.54) is 0 Å². The fourth-order valence-corrected chi connectivity index (χ4v) is 4.61. The zero-order valence-corrected chi connectivity index (χ0v) is 22.6. The summed E-state index contributed by atoms with van der Waals surface area (Å²) in [4.78, 5) is 29.6. The molecule has 0 bridgehead atoms. The molecular weight excluding hydrogens is 462 g/mol. The summed E-state index contributed by atoms with van der Waals surface area (Å²) in [7, 11) is 1.59. The Morgan fingerprint density at radius 1 is 1.22 bits per heavy atom. The van der Waals surface area contributed by atoms with E-state index in [1.54, 1.807) is 35.1 Å². The fourth-order valence-electron chi connectivity index (χ4n) is 4.61. The van der Waals surface area contributed by atoms with Crippen LogP contribution in [0.2, 0.25) is 0 Å². The van der Waals surface area contributed by atoms with Gasteiger partial charge in [-0.2, -0.15) is 0 Å². The first kappa shape index (κ1) is 28.1. The van der Waals surface area contributed by atoms with Crippen LogP contribution in [-0.2, 0) is 9.47 Å². The summed E-state index contributed by atoms with van der Waals surface area (Å²) in [6, 6.07) is 4.97. The highest BCUT2D eigenvalue weighted by atomic mass is 16.6. The van der Waals surface area contributed by atoms with Gasteiger partial charge in [0.15, 0.2) is 11.5 Å². The van der Waals surface area contributed by atoms with Crippen LogP contribution in [0.3, 0.4) is 0 Å². The average molecular weight is 506 g/mol. The van der Waals surface area contributed by atoms with E-state index in [0.29, 0.717) is 43.3 Å². The van der Waals surface area contributed by atoms with Gasteiger partial charge in [-0.3, -0.25) is 4.79 Å². The number of benzene rings is 1. The molecule has 1 aromatic rings. The van der Waals surface area contributed by atoms with Gasteiger partial charge in [0, 0.05) is 56.2 Å². The van der Waals surface area contributed by atoms with Crippen LogP contribution in [0.5, 0.6) is 11.5 Å². The highest BCUT2D eigenvalue weighted by Gasteiger charge is 2.37. The average Bonchev–Trinajstić information content (AvgIpc) is 3.45. The molecule has 9 nitrogen and oxygen atoms in total. The number of nitrogens with two attached hydrogens (primary N) is 1. The van der Waals surface area contributed by atoms with Gasteiger partial charge in [-0.15, -0.1) is 0 Å². The molecule has 0 aromatic heterocycles. The van der Waals surface area contributed by atoms with E-state index >= 15 is 0 Å². The lowest BCUT2D eigenvalue weighted by molar-refractivity contribution is 0.0284. The molecule has 9 heteroatoms. The number of amides is 2. The Morgan fingerprint density at radius 2 is 1.97 bits per heavy atom. The van der Waals surface area contributed by atoms with Gasteiger partial charge in [0.05, 0.1) is 19.8 Å². The quantitative estimate of drug-likeness (QED) is 0.546. The first-order valence-corrected chi connectivity index (χ1v) is 13.0. The molecule has 2 N–H and O–H groups in total. The molecule has 2 heterocycles. The molecule has 2 amide bonds. The number of likely N-dealkylation sites (tertiary alicyclic amines) is 1. The molecule has 2 aliphatic heterocycles. The topological polar surface area (TPSA) is 104 Å². The van der Waals surface area contributed by atoms with Crippen LogP contribution in [-0.4, -0.2) is 85.5 Å². The molecule has 202 valence electrons. The van der Waals surface area contributed by atoms with Crippen molar-refractivity contribution in [1.29, 1.82) is 0 Å². The molecule has 3 unspecified atom stereocenters. The zero-order valence-electron chi connectivity index (χ0n) is 22.6. The zero-order chi connectivity index (χ0) is 26.5. The van der Waals surface area contributed by atoms with E-state index in [4.69, 9.17) is 24.7 Å². The van der Waals surface area contributed by atoms with Crippen molar-refractivity contribution >= 4 is 12.0 Å². The van der Waals surface area contributed by atoms with Crippen molar-refractivity contribution in [2.45, 2.75) is 77.7 Å². The van der Waals surface area contributed by atoms with Crippen molar-refractivity contribution in [3.05, 3.63) is 23.8 Å². The largest absolute Gasteiger partial charge is 0.493 e. The van der Waals surface area contributed by atoms with Crippen LogP contribution in [0.25, 0.3) is 0 Å². The van der Waals surface area contributed by atoms with Crippen LogP contribution in [0.4, 0.5) is 4.79 Å². The molecule has 36 heavy (non-hydrogen) atoms. The number of hydrogen-bond acceptors (Lipinski definition) is 7. The maximum Gasteiger partial charge on any atom is 0.410 e. The van der Waals surface area contributed by atoms with Crippen molar-refractivity contribution in [1.82, 2.24) is 9.80 Å². The Balaban J connectivity index is 1.67. The van der Waals surface area contributed by atoms with E-state index in [2.05, 4.69) is 0 Å². The lowest BCUT2D eigenvalue weighted by Gasteiger charge is -2.31. The van der Waals surface area contributed by atoms with Gasteiger partial charge >= 0.3 is 6.09 Å². The summed E-state index contributed by atoms with van der Waals surface area (Å²) >= 11 is 0. The van der Waals surface area contributed by atoms with Gasteiger partial charge in [0.25, 0.3) is 5.91 Å². The van der Waals surface area contributed by atoms with Crippen LogP contribution < -0.4 is 15.2 Å². The van der Waals surface area contributed by atoms with Crippen molar-refractivity contribution < 1.29 is 28.5 Å². The third-order valence-corrected chi connectivity index (χ3v) is 6.59. The molecule has 0 saturated carbocycles. The Labute approximate surface area is 215 Å². The summed E-state index contributed by atoms with van der Waals surface area (Å²) in [5.74, 6) is 0.961. The molecule has 0 aliphatic carbocycles. The van der Waals surface area contributed by atoms with E-state index in [9.17, 15) is 9.59 Å². The predicted octanol–water partition coefficient (Wildman–Crippen LogP) is 3.69. The van der Waals surface area contributed by atoms with Crippen molar-refractivity contribution in [2.24, 2.45) is 11.7 Å². The number of rotatable bonds is 9. The van der Waals surface area contributed by atoms with E-state index < -0.39 is 5.60 Å². The fraction of sp³-hybridized carbons (Fsp3) is 0.704. The van der Waals surface area contributed by atoms with Crippen LogP contribution in [0.1, 0.15) is 64.2 Å². The first-order chi connectivity index (χ1) is 17.0. The molecule has 0 spiro atoms. The smallest absolute Gasteiger partial charge is 0.410 e. The van der Waals surface area contributed by atoms with Gasteiger partial charge in [-0.1, -0.05) is 0 Å².